The molecule has 116 valence electrons. The molecule has 0 heterocycles. The molecule has 1 atom stereocenters. The maximum absolute atomic E-state index is 13.9. The fourth-order valence-corrected chi connectivity index (χ4v) is 3.62. The van der Waals surface area contributed by atoms with Crippen molar-refractivity contribution in [2.45, 2.75) is 24.3 Å². The lowest BCUT2D eigenvalue weighted by Crippen LogP contribution is -2.34. The Labute approximate surface area is 129 Å². The summed E-state index contributed by atoms with van der Waals surface area (Å²) in [5.74, 6) is 5.07. The van der Waals surface area contributed by atoms with E-state index in [1.807, 2.05) is 6.26 Å². The van der Waals surface area contributed by atoms with E-state index in [2.05, 4.69) is 16.6 Å². The van der Waals surface area contributed by atoms with Crippen LogP contribution in [0.4, 0.5) is 4.39 Å². The number of hydrogen-bond acceptors (Lipinski definition) is 4. The predicted molar refractivity (Wildman–Crippen MR) is 83.1 cm³/mol. The van der Waals surface area contributed by atoms with Crippen LogP contribution in [0.5, 0.6) is 0 Å². The number of aliphatic hydroxyl groups is 1. The minimum absolute atomic E-state index is 0.0702. The van der Waals surface area contributed by atoms with Gasteiger partial charge in [0.25, 0.3) is 0 Å². The molecule has 0 aliphatic rings. The van der Waals surface area contributed by atoms with Crippen molar-refractivity contribution in [2.75, 3.05) is 18.6 Å². The lowest BCUT2D eigenvalue weighted by Gasteiger charge is -2.13. The number of thioether (sulfide) groups is 1. The Morgan fingerprint density at radius 1 is 1.48 bits per heavy atom. The number of benzene rings is 1. The van der Waals surface area contributed by atoms with Gasteiger partial charge < -0.3 is 5.11 Å². The van der Waals surface area contributed by atoms with Gasteiger partial charge in [-0.3, -0.25) is 0 Å². The summed E-state index contributed by atoms with van der Waals surface area (Å²) in [7, 11) is -3.88. The Morgan fingerprint density at radius 3 is 2.76 bits per heavy atom. The van der Waals surface area contributed by atoms with Gasteiger partial charge in [0.05, 0.1) is 6.61 Å². The second-order valence-electron chi connectivity index (χ2n) is 4.40. The van der Waals surface area contributed by atoms with Crippen molar-refractivity contribution >= 4 is 21.8 Å². The van der Waals surface area contributed by atoms with E-state index < -0.39 is 15.8 Å². The van der Waals surface area contributed by atoms with Crippen LogP contribution >= 0.6 is 11.8 Å². The summed E-state index contributed by atoms with van der Waals surface area (Å²) in [6.07, 6.45) is 2.15. The lowest BCUT2D eigenvalue weighted by molar-refractivity contribution is 0.305. The summed E-state index contributed by atoms with van der Waals surface area (Å²) >= 11 is 1.50. The molecule has 0 spiro atoms. The molecule has 0 aliphatic heterocycles. The average molecular weight is 331 g/mol. The Bertz CT molecular complexity index is 635. The van der Waals surface area contributed by atoms with Gasteiger partial charge in [0.2, 0.25) is 10.0 Å². The first-order valence-corrected chi connectivity index (χ1v) is 9.19. The van der Waals surface area contributed by atoms with E-state index >= 15 is 0 Å². The second kappa shape index (κ2) is 8.39. The second-order valence-corrected chi connectivity index (χ2v) is 6.99. The molecule has 4 nitrogen and oxygen atoms in total. The monoisotopic (exact) mass is 331 g/mol. The minimum Gasteiger partial charge on any atom is -0.395 e. The maximum Gasteiger partial charge on any atom is 0.243 e. The third-order valence-corrected chi connectivity index (χ3v) is 4.92. The quantitative estimate of drug-likeness (QED) is 0.777. The number of nitrogens with one attached hydrogen (secondary N) is 1. The molecule has 0 saturated heterocycles. The van der Waals surface area contributed by atoms with Gasteiger partial charge in [0, 0.05) is 23.8 Å². The van der Waals surface area contributed by atoms with E-state index in [-0.39, 0.29) is 24.0 Å². The first kappa shape index (κ1) is 18.0. The largest absolute Gasteiger partial charge is 0.395 e. The number of halogens is 1. The minimum atomic E-state index is -3.88. The third kappa shape index (κ3) is 5.67. The molecule has 1 rings (SSSR count). The van der Waals surface area contributed by atoms with Crippen molar-refractivity contribution in [3.63, 3.8) is 0 Å². The highest BCUT2D eigenvalue weighted by atomic mass is 32.2. The molecule has 0 aromatic heterocycles. The summed E-state index contributed by atoms with van der Waals surface area (Å²) in [4.78, 5) is -0.386. The van der Waals surface area contributed by atoms with Crippen LogP contribution in [0.2, 0.25) is 0 Å². The Balaban J connectivity index is 2.96. The van der Waals surface area contributed by atoms with E-state index in [4.69, 9.17) is 5.11 Å². The fraction of sp³-hybridized carbons (Fsp3) is 0.429. The summed E-state index contributed by atoms with van der Waals surface area (Å²) in [6.45, 7) is 1.65. The predicted octanol–water partition coefficient (Wildman–Crippen LogP) is 1.59. The molecule has 1 aromatic carbocycles. The van der Waals surface area contributed by atoms with E-state index in [1.54, 1.807) is 6.92 Å². The Kier molecular flexibility index (Phi) is 7.18. The Hall–Kier alpha value is -1.07. The van der Waals surface area contributed by atoms with Crippen LogP contribution in [-0.4, -0.2) is 38.2 Å². The van der Waals surface area contributed by atoms with Gasteiger partial charge in [-0.25, -0.2) is 17.5 Å². The molecule has 2 N–H and O–H groups in total. The average Bonchev–Trinajstić information content (AvgIpc) is 2.38. The molecule has 0 fully saturated rings. The first-order valence-electron chi connectivity index (χ1n) is 6.31. The summed E-state index contributed by atoms with van der Waals surface area (Å²) in [5.41, 5.74) is 0.372. The number of hydrogen-bond donors (Lipinski definition) is 2. The van der Waals surface area contributed by atoms with E-state index in [0.717, 1.165) is 6.07 Å². The fourth-order valence-electron chi connectivity index (χ4n) is 1.63. The van der Waals surface area contributed by atoms with Crippen LogP contribution in [-0.2, 0) is 10.0 Å². The standard InChI is InChI=1S/C14H18FNO3S2/c1-11(10-20-2)16-21(18,19)14-7-6-12(9-13(14)15)5-3-4-8-17/h6-7,9,11,16-17H,4,8,10H2,1-2H3. The SMILES string of the molecule is CSCC(C)NS(=O)(=O)c1ccc(C#CCCO)cc1F. The zero-order valence-corrected chi connectivity index (χ0v) is 13.5. The van der Waals surface area contributed by atoms with Crippen molar-refractivity contribution in [1.82, 2.24) is 4.72 Å². The topological polar surface area (TPSA) is 66.4 Å². The smallest absolute Gasteiger partial charge is 0.243 e. The van der Waals surface area contributed by atoms with Crippen LogP contribution in [0.3, 0.4) is 0 Å². The molecular weight excluding hydrogens is 313 g/mol. The summed E-state index contributed by atoms with van der Waals surface area (Å²) in [6, 6.07) is 3.44. The van der Waals surface area contributed by atoms with Gasteiger partial charge in [-0.2, -0.15) is 11.8 Å². The van der Waals surface area contributed by atoms with Gasteiger partial charge in [-0.05, 0) is 31.4 Å². The molecule has 0 amide bonds. The third-order valence-electron chi connectivity index (χ3n) is 2.46. The highest BCUT2D eigenvalue weighted by Crippen LogP contribution is 2.16. The summed E-state index contributed by atoms with van der Waals surface area (Å²) < 4.78 is 40.5. The van der Waals surface area contributed by atoms with Crippen LogP contribution in [0, 0.1) is 17.7 Å². The van der Waals surface area contributed by atoms with Crippen molar-refractivity contribution in [2.24, 2.45) is 0 Å². The highest BCUT2D eigenvalue weighted by Gasteiger charge is 2.21. The normalized spacial score (nSPS) is 12.6. The van der Waals surface area contributed by atoms with Crippen LogP contribution < -0.4 is 4.72 Å². The van der Waals surface area contributed by atoms with Crippen molar-refractivity contribution in [1.29, 1.82) is 0 Å². The highest BCUT2D eigenvalue weighted by molar-refractivity contribution is 7.98. The first-order chi connectivity index (χ1) is 9.90. The van der Waals surface area contributed by atoms with E-state index in [9.17, 15) is 12.8 Å². The lowest BCUT2D eigenvalue weighted by atomic mass is 10.2. The van der Waals surface area contributed by atoms with Crippen LogP contribution in [0.15, 0.2) is 23.1 Å². The molecule has 0 radical (unpaired) electrons. The van der Waals surface area contributed by atoms with Crippen LogP contribution in [0.25, 0.3) is 0 Å². The summed E-state index contributed by atoms with van der Waals surface area (Å²) in [5, 5.41) is 8.61. The van der Waals surface area contributed by atoms with Gasteiger partial charge in [0.15, 0.2) is 0 Å². The number of aliphatic hydroxyl groups excluding tert-OH is 1. The van der Waals surface area contributed by atoms with Crippen molar-refractivity contribution in [3.05, 3.63) is 29.6 Å². The molecule has 1 aromatic rings. The van der Waals surface area contributed by atoms with Crippen LogP contribution in [0.1, 0.15) is 18.9 Å². The molecule has 1 unspecified atom stereocenters. The van der Waals surface area contributed by atoms with Gasteiger partial charge >= 0.3 is 0 Å². The van der Waals surface area contributed by atoms with Crippen molar-refractivity contribution in [3.8, 4) is 11.8 Å². The molecule has 7 heteroatoms. The van der Waals surface area contributed by atoms with E-state index in [0.29, 0.717) is 11.3 Å². The molecule has 0 aliphatic carbocycles. The maximum atomic E-state index is 13.9. The van der Waals surface area contributed by atoms with Gasteiger partial charge in [-0.1, -0.05) is 11.8 Å². The van der Waals surface area contributed by atoms with Crippen molar-refractivity contribution < 1.29 is 17.9 Å². The van der Waals surface area contributed by atoms with Gasteiger partial charge in [-0.15, -0.1) is 0 Å². The molecule has 21 heavy (non-hydrogen) atoms. The number of sulfonamides is 1. The zero-order chi connectivity index (χ0) is 15.9. The number of rotatable bonds is 6. The molecule has 0 saturated carbocycles. The van der Waals surface area contributed by atoms with E-state index in [1.165, 1.54) is 23.9 Å². The molecule has 0 bridgehead atoms. The van der Waals surface area contributed by atoms with Gasteiger partial charge in [0.1, 0.15) is 10.7 Å². The Morgan fingerprint density at radius 2 is 2.19 bits per heavy atom. The zero-order valence-electron chi connectivity index (χ0n) is 11.9. The molecular formula is C14H18FNO3S2.